The van der Waals surface area contributed by atoms with E-state index in [2.05, 4.69) is 25.5 Å². The maximum Gasteiger partial charge on any atom is 0.160 e. The van der Waals surface area contributed by atoms with Gasteiger partial charge < -0.3 is 5.32 Å². The lowest BCUT2D eigenvalue weighted by atomic mass is 10.0. The highest BCUT2D eigenvalue weighted by Gasteiger charge is 2.27. The minimum atomic E-state index is -3.12. The molecule has 136 valence electrons. The number of hydrogen-bond acceptors (Lipinski definition) is 6. The molecule has 3 aromatic rings. The van der Waals surface area contributed by atoms with Crippen molar-refractivity contribution in [1.82, 2.24) is 20.2 Å². The lowest BCUT2D eigenvalue weighted by molar-refractivity contribution is 0.483. The molecule has 0 saturated heterocycles. The molecule has 0 radical (unpaired) electrons. The van der Waals surface area contributed by atoms with Gasteiger partial charge in [-0.1, -0.05) is 31.4 Å². The van der Waals surface area contributed by atoms with Crippen LogP contribution in [0.4, 0.5) is 11.5 Å². The van der Waals surface area contributed by atoms with E-state index in [9.17, 15) is 8.42 Å². The molecule has 7 nitrogen and oxygen atoms in total. The third-order valence-electron chi connectivity index (χ3n) is 4.87. The number of nitrogens with zero attached hydrogens (tertiary/aromatic N) is 3. The first kappa shape index (κ1) is 17.0. The van der Waals surface area contributed by atoms with Crippen molar-refractivity contribution in [2.45, 2.75) is 43.1 Å². The number of nitrogens with one attached hydrogen (secondary N) is 2. The van der Waals surface area contributed by atoms with Crippen LogP contribution in [0.15, 0.2) is 36.8 Å². The van der Waals surface area contributed by atoms with E-state index in [0.29, 0.717) is 11.5 Å². The molecule has 0 aliphatic heterocycles. The van der Waals surface area contributed by atoms with Crippen LogP contribution in [-0.4, -0.2) is 33.8 Å². The summed E-state index contributed by atoms with van der Waals surface area (Å²) >= 11 is 0. The minimum Gasteiger partial charge on any atom is -0.340 e. The van der Waals surface area contributed by atoms with Gasteiger partial charge in [0.2, 0.25) is 0 Å². The summed E-state index contributed by atoms with van der Waals surface area (Å²) in [4.78, 5) is 8.36. The second-order valence-corrected chi connectivity index (χ2v) is 9.03. The number of aromatic amines is 1. The van der Waals surface area contributed by atoms with Crippen LogP contribution in [-0.2, 0) is 15.6 Å². The van der Waals surface area contributed by atoms with Crippen LogP contribution in [0.3, 0.4) is 0 Å². The molecule has 2 heterocycles. The summed E-state index contributed by atoms with van der Waals surface area (Å²) in [5.41, 5.74) is 2.24. The van der Waals surface area contributed by atoms with E-state index in [1.807, 2.05) is 24.3 Å². The third kappa shape index (κ3) is 3.55. The number of benzene rings is 1. The molecule has 26 heavy (non-hydrogen) atoms. The molecule has 8 heteroatoms. The molecular formula is C18H21N5O2S. The number of aromatic nitrogens is 4. The maximum absolute atomic E-state index is 12.7. The standard InChI is InChI=1S/C18H21N5O2S/c24-26(25,15-7-2-1-3-8-15)11-13-5-4-6-14(9-13)22-17-16-10-21-23-18(16)20-12-19-17/h4-6,9-10,12,15H,1-3,7-8,11H2,(H2,19,20,21,22,23). The zero-order valence-electron chi connectivity index (χ0n) is 14.4. The molecule has 2 N–H and O–H groups in total. The van der Waals surface area contributed by atoms with E-state index in [4.69, 9.17) is 0 Å². The fourth-order valence-corrected chi connectivity index (χ4v) is 5.45. The Kier molecular flexibility index (Phi) is 4.58. The Morgan fingerprint density at radius 3 is 2.85 bits per heavy atom. The average Bonchev–Trinajstić information content (AvgIpc) is 3.12. The Bertz CT molecular complexity index is 1010. The van der Waals surface area contributed by atoms with Crippen LogP contribution >= 0.6 is 0 Å². The largest absolute Gasteiger partial charge is 0.340 e. The number of anilines is 2. The van der Waals surface area contributed by atoms with E-state index in [1.165, 1.54) is 6.33 Å². The molecule has 1 fully saturated rings. The van der Waals surface area contributed by atoms with Gasteiger partial charge in [0.05, 0.1) is 22.6 Å². The van der Waals surface area contributed by atoms with E-state index in [-0.39, 0.29) is 11.0 Å². The molecule has 2 aromatic heterocycles. The monoisotopic (exact) mass is 371 g/mol. The fraction of sp³-hybridized carbons (Fsp3) is 0.389. The second kappa shape index (κ2) is 7.03. The highest BCUT2D eigenvalue weighted by molar-refractivity contribution is 7.91. The maximum atomic E-state index is 12.7. The summed E-state index contributed by atoms with van der Waals surface area (Å²) in [5, 5.41) is 10.6. The molecule has 1 saturated carbocycles. The van der Waals surface area contributed by atoms with Crippen LogP contribution in [0.1, 0.15) is 37.7 Å². The van der Waals surface area contributed by atoms with Gasteiger partial charge in [-0.25, -0.2) is 18.4 Å². The van der Waals surface area contributed by atoms with E-state index < -0.39 is 9.84 Å². The zero-order valence-corrected chi connectivity index (χ0v) is 15.2. The minimum absolute atomic E-state index is 0.0814. The zero-order chi connectivity index (χ0) is 18.0. The lowest BCUT2D eigenvalue weighted by Gasteiger charge is -2.21. The van der Waals surface area contributed by atoms with Crippen molar-refractivity contribution in [2.24, 2.45) is 0 Å². The van der Waals surface area contributed by atoms with Crippen LogP contribution in [0.5, 0.6) is 0 Å². The summed E-state index contributed by atoms with van der Waals surface area (Å²) in [5.74, 6) is 0.717. The van der Waals surface area contributed by atoms with Crippen molar-refractivity contribution < 1.29 is 8.42 Å². The molecule has 1 aromatic carbocycles. The summed E-state index contributed by atoms with van der Waals surface area (Å²) < 4.78 is 25.4. The summed E-state index contributed by atoms with van der Waals surface area (Å²) in [6, 6.07) is 7.49. The van der Waals surface area contributed by atoms with Gasteiger partial charge >= 0.3 is 0 Å². The topological polar surface area (TPSA) is 101 Å². The van der Waals surface area contributed by atoms with Crippen molar-refractivity contribution in [3.8, 4) is 0 Å². The molecule has 1 aliphatic rings. The summed E-state index contributed by atoms with van der Waals surface area (Å²) in [6.07, 6.45) is 7.88. The normalized spacial score (nSPS) is 16.0. The third-order valence-corrected chi connectivity index (χ3v) is 7.09. The van der Waals surface area contributed by atoms with Crippen molar-refractivity contribution in [1.29, 1.82) is 0 Å². The Balaban J connectivity index is 1.54. The molecule has 1 aliphatic carbocycles. The Labute approximate surface area is 152 Å². The van der Waals surface area contributed by atoms with Gasteiger partial charge in [-0.15, -0.1) is 0 Å². The van der Waals surface area contributed by atoms with Crippen LogP contribution < -0.4 is 5.32 Å². The fourth-order valence-electron chi connectivity index (χ4n) is 3.51. The molecule has 0 amide bonds. The van der Waals surface area contributed by atoms with E-state index in [1.54, 1.807) is 6.20 Å². The summed E-state index contributed by atoms with van der Waals surface area (Å²) in [6.45, 7) is 0. The predicted octanol–water partition coefficient (Wildman–Crippen LogP) is 3.34. The number of H-pyrrole nitrogens is 1. The number of fused-ring (bicyclic) bond motifs is 1. The van der Waals surface area contributed by atoms with Gasteiger partial charge in [0, 0.05) is 5.69 Å². The quantitative estimate of drug-likeness (QED) is 0.713. The SMILES string of the molecule is O=S(=O)(Cc1cccc(Nc2ncnc3[nH]ncc23)c1)C1CCCCC1. The first-order valence-corrected chi connectivity index (χ1v) is 10.5. The van der Waals surface area contributed by atoms with Gasteiger partial charge in [-0.05, 0) is 30.5 Å². The number of sulfone groups is 1. The molecule has 0 bridgehead atoms. The average molecular weight is 371 g/mol. The molecule has 0 atom stereocenters. The smallest absolute Gasteiger partial charge is 0.160 e. The van der Waals surface area contributed by atoms with Crippen LogP contribution in [0.2, 0.25) is 0 Å². The predicted molar refractivity (Wildman–Crippen MR) is 101 cm³/mol. The first-order valence-electron chi connectivity index (χ1n) is 8.83. The van der Waals surface area contributed by atoms with Crippen molar-refractivity contribution in [2.75, 3.05) is 5.32 Å². The first-order chi connectivity index (χ1) is 12.6. The van der Waals surface area contributed by atoms with Crippen molar-refractivity contribution in [3.63, 3.8) is 0 Å². The van der Waals surface area contributed by atoms with Crippen LogP contribution in [0.25, 0.3) is 11.0 Å². The molecule has 0 spiro atoms. The molecular weight excluding hydrogens is 350 g/mol. The number of hydrogen-bond donors (Lipinski definition) is 2. The van der Waals surface area contributed by atoms with E-state index >= 15 is 0 Å². The van der Waals surface area contributed by atoms with Gasteiger partial charge in [-0.3, -0.25) is 5.10 Å². The number of rotatable bonds is 5. The van der Waals surface area contributed by atoms with Crippen LogP contribution in [0, 0.1) is 0 Å². The van der Waals surface area contributed by atoms with Gasteiger partial charge in [-0.2, -0.15) is 5.10 Å². The van der Waals surface area contributed by atoms with Crippen molar-refractivity contribution in [3.05, 3.63) is 42.4 Å². The van der Waals surface area contributed by atoms with Gasteiger partial charge in [0.25, 0.3) is 0 Å². The highest BCUT2D eigenvalue weighted by atomic mass is 32.2. The Morgan fingerprint density at radius 2 is 2.00 bits per heavy atom. The lowest BCUT2D eigenvalue weighted by Crippen LogP contribution is -2.25. The summed E-state index contributed by atoms with van der Waals surface area (Å²) in [7, 11) is -3.12. The second-order valence-electron chi connectivity index (χ2n) is 6.75. The van der Waals surface area contributed by atoms with E-state index in [0.717, 1.165) is 48.7 Å². The van der Waals surface area contributed by atoms with Crippen molar-refractivity contribution >= 4 is 32.4 Å². The van der Waals surface area contributed by atoms with Gasteiger partial charge in [0.15, 0.2) is 15.5 Å². The molecule has 0 unspecified atom stereocenters. The molecule has 4 rings (SSSR count). The Hall–Kier alpha value is -2.48. The highest BCUT2D eigenvalue weighted by Crippen LogP contribution is 2.27. The van der Waals surface area contributed by atoms with Gasteiger partial charge in [0.1, 0.15) is 12.1 Å². The Morgan fingerprint density at radius 1 is 1.15 bits per heavy atom.